The van der Waals surface area contributed by atoms with E-state index in [1.807, 2.05) is 6.07 Å². The minimum atomic E-state index is -0.410. The summed E-state index contributed by atoms with van der Waals surface area (Å²) in [5.74, 6) is 1.10. The summed E-state index contributed by atoms with van der Waals surface area (Å²) >= 11 is 0. The van der Waals surface area contributed by atoms with Crippen molar-refractivity contribution in [2.45, 2.75) is 0 Å². The lowest BCUT2D eigenvalue weighted by Gasteiger charge is -2.18. The summed E-state index contributed by atoms with van der Waals surface area (Å²) in [7, 11) is 0. The topological polar surface area (TPSA) is 110 Å². The standard InChI is InChI=1S/C18H12N4O4/c19-10-11-1-3-12(4-2-11)16(23)20-18-22-21-17(26-18)13-5-6-14-15(9-13)25-8-7-24-14/h1-6,9H,7-8H2,(H,20,22,23). The summed E-state index contributed by atoms with van der Waals surface area (Å²) in [5, 5.41) is 19.1. The second-order valence-corrected chi connectivity index (χ2v) is 5.41. The molecule has 0 saturated heterocycles. The number of carbonyl (C=O) groups is 1. The van der Waals surface area contributed by atoms with E-state index >= 15 is 0 Å². The lowest BCUT2D eigenvalue weighted by molar-refractivity contribution is 0.102. The second kappa shape index (κ2) is 6.57. The van der Waals surface area contributed by atoms with E-state index in [1.54, 1.807) is 42.5 Å². The molecule has 2 aromatic carbocycles. The maximum atomic E-state index is 12.2. The van der Waals surface area contributed by atoms with Crippen molar-refractivity contribution in [3.05, 3.63) is 53.6 Å². The third-order valence-corrected chi connectivity index (χ3v) is 3.71. The Balaban J connectivity index is 1.51. The second-order valence-electron chi connectivity index (χ2n) is 5.41. The minimum Gasteiger partial charge on any atom is -0.486 e. The Labute approximate surface area is 148 Å². The van der Waals surface area contributed by atoms with Crippen molar-refractivity contribution in [2.24, 2.45) is 0 Å². The highest BCUT2D eigenvalue weighted by Gasteiger charge is 2.16. The van der Waals surface area contributed by atoms with Crippen molar-refractivity contribution in [1.82, 2.24) is 10.2 Å². The third-order valence-electron chi connectivity index (χ3n) is 3.71. The molecule has 2 heterocycles. The highest BCUT2D eigenvalue weighted by Crippen LogP contribution is 2.34. The highest BCUT2D eigenvalue weighted by atomic mass is 16.6. The van der Waals surface area contributed by atoms with Gasteiger partial charge >= 0.3 is 6.01 Å². The van der Waals surface area contributed by atoms with Crippen LogP contribution in [0.2, 0.25) is 0 Å². The van der Waals surface area contributed by atoms with E-state index in [-0.39, 0.29) is 11.9 Å². The zero-order chi connectivity index (χ0) is 17.9. The van der Waals surface area contributed by atoms with Gasteiger partial charge in [0.15, 0.2) is 11.5 Å². The Kier molecular flexibility index (Phi) is 3.95. The van der Waals surface area contributed by atoms with Gasteiger partial charge in [0.05, 0.1) is 11.6 Å². The lowest BCUT2D eigenvalue weighted by atomic mass is 10.1. The van der Waals surface area contributed by atoms with Gasteiger partial charge in [-0.15, -0.1) is 5.10 Å². The number of hydrogen-bond acceptors (Lipinski definition) is 7. The molecule has 3 aromatic rings. The number of rotatable bonds is 3. The molecule has 0 spiro atoms. The number of nitrogens with one attached hydrogen (secondary N) is 1. The van der Waals surface area contributed by atoms with E-state index in [1.165, 1.54) is 0 Å². The molecule has 0 atom stereocenters. The van der Waals surface area contributed by atoms with Crippen LogP contribution in [-0.4, -0.2) is 29.3 Å². The molecule has 1 aliphatic heterocycles. The van der Waals surface area contributed by atoms with Crippen LogP contribution < -0.4 is 14.8 Å². The van der Waals surface area contributed by atoms with E-state index in [0.717, 1.165) is 0 Å². The number of aromatic nitrogens is 2. The van der Waals surface area contributed by atoms with Gasteiger partial charge in [-0.05, 0) is 42.5 Å². The SMILES string of the molecule is N#Cc1ccc(C(=O)Nc2nnc(-c3ccc4c(c3)OCCO4)o2)cc1. The summed E-state index contributed by atoms with van der Waals surface area (Å²) in [6.07, 6.45) is 0. The normalized spacial score (nSPS) is 12.3. The Morgan fingerprint density at radius 1 is 1.04 bits per heavy atom. The average molecular weight is 348 g/mol. The summed E-state index contributed by atoms with van der Waals surface area (Å²) in [6, 6.07) is 13.5. The van der Waals surface area contributed by atoms with Gasteiger partial charge in [-0.3, -0.25) is 10.1 Å². The largest absolute Gasteiger partial charge is 0.486 e. The third kappa shape index (κ3) is 3.06. The molecule has 0 aliphatic carbocycles. The average Bonchev–Trinajstić information content (AvgIpc) is 3.16. The van der Waals surface area contributed by atoms with Crippen molar-refractivity contribution < 1.29 is 18.7 Å². The molecule has 0 unspecified atom stereocenters. The molecule has 0 fully saturated rings. The smallest absolute Gasteiger partial charge is 0.322 e. The number of benzene rings is 2. The van der Waals surface area contributed by atoms with E-state index in [4.69, 9.17) is 19.2 Å². The summed E-state index contributed by atoms with van der Waals surface area (Å²) in [6.45, 7) is 0.991. The molecule has 128 valence electrons. The van der Waals surface area contributed by atoms with E-state index in [9.17, 15) is 4.79 Å². The minimum absolute atomic E-state index is 0.0238. The fraction of sp³-hybridized carbons (Fsp3) is 0.111. The van der Waals surface area contributed by atoms with Crippen LogP contribution in [0.25, 0.3) is 11.5 Å². The first-order chi connectivity index (χ1) is 12.7. The maximum absolute atomic E-state index is 12.2. The first kappa shape index (κ1) is 15.7. The number of fused-ring (bicyclic) bond motifs is 1. The van der Waals surface area contributed by atoms with Gasteiger partial charge in [-0.1, -0.05) is 5.10 Å². The zero-order valence-corrected chi connectivity index (χ0v) is 13.4. The van der Waals surface area contributed by atoms with E-state index in [2.05, 4.69) is 15.5 Å². The monoisotopic (exact) mass is 348 g/mol. The molecule has 26 heavy (non-hydrogen) atoms. The molecule has 0 saturated carbocycles. The number of carbonyl (C=O) groups excluding carboxylic acids is 1. The van der Waals surface area contributed by atoms with Crippen molar-refractivity contribution in [2.75, 3.05) is 18.5 Å². The van der Waals surface area contributed by atoms with Crippen LogP contribution in [-0.2, 0) is 0 Å². The van der Waals surface area contributed by atoms with E-state index in [0.29, 0.717) is 41.4 Å². The molecular weight excluding hydrogens is 336 g/mol. The molecular formula is C18H12N4O4. The molecule has 0 radical (unpaired) electrons. The van der Waals surface area contributed by atoms with Crippen LogP contribution in [0.1, 0.15) is 15.9 Å². The maximum Gasteiger partial charge on any atom is 0.322 e. The summed E-state index contributed by atoms with van der Waals surface area (Å²) in [4.78, 5) is 12.2. The Hall–Kier alpha value is -3.86. The number of nitrogens with zero attached hydrogens (tertiary/aromatic N) is 3. The Morgan fingerprint density at radius 2 is 1.81 bits per heavy atom. The molecule has 1 N–H and O–H groups in total. The molecule has 1 aliphatic rings. The summed E-state index contributed by atoms with van der Waals surface area (Å²) in [5.41, 5.74) is 1.50. The van der Waals surface area contributed by atoms with Gasteiger partial charge < -0.3 is 13.9 Å². The zero-order valence-electron chi connectivity index (χ0n) is 13.4. The molecule has 1 amide bonds. The first-order valence-corrected chi connectivity index (χ1v) is 7.78. The predicted octanol–water partition coefficient (Wildman–Crippen LogP) is 2.63. The number of amides is 1. The molecule has 1 aromatic heterocycles. The van der Waals surface area contributed by atoms with Gasteiger partial charge in [-0.25, -0.2) is 0 Å². The van der Waals surface area contributed by atoms with Gasteiger partial charge in [0.2, 0.25) is 5.89 Å². The number of anilines is 1. The fourth-order valence-electron chi connectivity index (χ4n) is 2.43. The molecule has 4 rings (SSSR count). The summed E-state index contributed by atoms with van der Waals surface area (Å²) < 4.78 is 16.5. The molecule has 0 bridgehead atoms. The lowest BCUT2D eigenvalue weighted by Crippen LogP contribution is -2.15. The van der Waals surface area contributed by atoms with Crippen LogP contribution in [0.4, 0.5) is 6.01 Å². The van der Waals surface area contributed by atoms with Gasteiger partial charge in [0.25, 0.3) is 5.91 Å². The van der Waals surface area contributed by atoms with Gasteiger partial charge in [0, 0.05) is 11.1 Å². The van der Waals surface area contributed by atoms with Crippen LogP contribution >= 0.6 is 0 Å². The van der Waals surface area contributed by atoms with Crippen molar-refractivity contribution in [3.8, 4) is 29.0 Å². The highest BCUT2D eigenvalue weighted by molar-refractivity contribution is 6.03. The van der Waals surface area contributed by atoms with Gasteiger partial charge in [0.1, 0.15) is 13.2 Å². The first-order valence-electron chi connectivity index (χ1n) is 7.78. The molecule has 8 heteroatoms. The predicted molar refractivity (Wildman–Crippen MR) is 89.8 cm³/mol. The number of nitriles is 1. The number of ether oxygens (including phenoxy) is 2. The quantitative estimate of drug-likeness (QED) is 0.774. The van der Waals surface area contributed by atoms with Crippen molar-refractivity contribution in [1.29, 1.82) is 5.26 Å². The van der Waals surface area contributed by atoms with E-state index < -0.39 is 5.91 Å². The van der Waals surface area contributed by atoms with Crippen LogP contribution in [0.15, 0.2) is 46.9 Å². The fourth-order valence-corrected chi connectivity index (χ4v) is 2.43. The van der Waals surface area contributed by atoms with Crippen molar-refractivity contribution >= 4 is 11.9 Å². The molecule has 8 nitrogen and oxygen atoms in total. The van der Waals surface area contributed by atoms with Crippen LogP contribution in [0.3, 0.4) is 0 Å². The Bertz CT molecular complexity index is 1000. The van der Waals surface area contributed by atoms with Crippen LogP contribution in [0.5, 0.6) is 11.5 Å². The van der Waals surface area contributed by atoms with Crippen LogP contribution in [0, 0.1) is 11.3 Å². The van der Waals surface area contributed by atoms with Gasteiger partial charge in [-0.2, -0.15) is 5.26 Å². The Morgan fingerprint density at radius 3 is 2.58 bits per heavy atom. The van der Waals surface area contributed by atoms with Crippen molar-refractivity contribution in [3.63, 3.8) is 0 Å². The number of hydrogen-bond donors (Lipinski definition) is 1.